The van der Waals surface area contributed by atoms with Crippen molar-refractivity contribution >= 4 is 11.6 Å². The summed E-state index contributed by atoms with van der Waals surface area (Å²) < 4.78 is 37.8. The standard InChI is InChI=1S/C15H10ClF3N2/c1-9-3-2-4-10(5-9)12(7-20)14-13(16)6-11(8-21-14)15(17,18)19/h2-6,8,12H,1H3/t12-/m1/s1. The molecule has 0 aliphatic heterocycles. The summed E-state index contributed by atoms with van der Waals surface area (Å²) in [4.78, 5) is 3.75. The van der Waals surface area contributed by atoms with Crippen LogP contribution in [0.15, 0.2) is 36.5 Å². The Morgan fingerprint density at radius 2 is 2.00 bits per heavy atom. The fourth-order valence-corrected chi connectivity index (χ4v) is 2.23. The van der Waals surface area contributed by atoms with Crippen LogP contribution in [0.25, 0.3) is 0 Å². The van der Waals surface area contributed by atoms with Gasteiger partial charge in [-0.2, -0.15) is 18.4 Å². The number of alkyl halides is 3. The van der Waals surface area contributed by atoms with E-state index < -0.39 is 17.7 Å². The topological polar surface area (TPSA) is 36.7 Å². The van der Waals surface area contributed by atoms with Crippen molar-refractivity contribution in [2.24, 2.45) is 0 Å². The highest BCUT2D eigenvalue weighted by molar-refractivity contribution is 6.31. The molecule has 0 bridgehead atoms. The molecule has 0 N–H and O–H groups in total. The molecule has 0 aliphatic rings. The van der Waals surface area contributed by atoms with Crippen molar-refractivity contribution in [1.29, 1.82) is 5.26 Å². The average molecular weight is 311 g/mol. The smallest absolute Gasteiger partial charge is 0.257 e. The van der Waals surface area contributed by atoms with Gasteiger partial charge < -0.3 is 0 Å². The van der Waals surface area contributed by atoms with Crippen LogP contribution in [0.5, 0.6) is 0 Å². The predicted octanol–water partition coefficient (Wildman–Crippen LogP) is 4.72. The number of pyridine rings is 1. The van der Waals surface area contributed by atoms with Gasteiger partial charge in [0, 0.05) is 6.20 Å². The molecule has 0 fully saturated rings. The summed E-state index contributed by atoms with van der Waals surface area (Å²) >= 11 is 5.89. The van der Waals surface area contributed by atoms with Crippen molar-refractivity contribution in [3.63, 3.8) is 0 Å². The van der Waals surface area contributed by atoms with E-state index in [2.05, 4.69) is 4.98 Å². The van der Waals surface area contributed by atoms with Gasteiger partial charge in [-0.3, -0.25) is 4.98 Å². The summed E-state index contributed by atoms with van der Waals surface area (Å²) in [5.74, 6) is -0.806. The molecule has 0 saturated heterocycles. The van der Waals surface area contributed by atoms with E-state index in [-0.39, 0.29) is 10.7 Å². The number of aromatic nitrogens is 1. The first-order valence-corrected chi connectivity index (χ1v) is 6.39. The van der Waals surface area contributed by atoms with Crippen molar-refractivity contribution < 1.29 is 13.2 Å². The molecule has 1 aromatic heterocycles. The molecular formula is C15H10ClF3N2. The maximum absolute atomic E-state index is 12.6. The summed E-state index contributed by atoms with van der Waals surface area (Å²) in [7, 11) is 0. The highest BCUT2D eigenvalue weighted by Gasteiger charge is 2.32. The molecule has 108 valence electrons. The Morgan fingerprint density at radius 3 is 2.52 bits per heavy atom. The first-order chi connectivity index (χ1) is 9.82. The second kappa shape index (κ2) is 5.74. The highest BCUT2D eigenvalue weighted by Crippen LogP contribution is 2.34. The first kappa shape index (κ1) is 15.3. The summed E-state index contributed by atoms with van der Waals surface area (Å²) in [5, 5.41) is 9.14. The molecule has 0 saturated carbocycles. The highest BCUT2D eigenvalue weighted by atomic mass is 35.5. The van der Waals surface area contributed by atoms with Crippen LogP contribution in [0, 0.1) is 18.3 Å². The molecule has 0 spiro atoms. The zero-order chi connectivity index (χ0) is 15.6. The van der Waals surface area contributed by atoms with Crippen molar-refractivity contribution in [1.82, 2.24) is 4.98 Å². The van der Waals surface area contributed by atoms with Crippen LogP contribution in [-0.2, 0) is 6.18 Å². The van der Waals surface area contributed by atoms with Gasteiger partial charge in [-0.25, -0.2) is 0 Å². The van der Waals surface area contributed by atoms with Crippen LogP contribution in [0.1, 0.15) is 28.3 Å². The minimum absolute atomic E-state index is 0.123. The van der Waals surface area contributed by atoms with Crippen LogP contribution >= 0.6 is 11.6 Å². The van der Waals surface area contributed by atoms with Crippen molar-refractivity contribution in [2.75, 3.05) is 0 Å². The molecule has 2 rings (SSSR count). The normalized spacial score (nSPS) is 12.8. The first-order valence-electron chi connectivity index (χ1n) is 6.01. The largest absolute Gasteiger partial charge is 0.417 e. The van der Waals surface area contributed by atoms with E-state index in [0.29, 0.717) is 11.8 Å². The molecule has 0 unspecified atom stereocenters. The van der Waals surface area contributed by atoms with Gasteiger partial charge in [-0.05, 0) is 18.6 Å². The fourth-order valence-electron chi connectivity index (χ4n) is 1.96. The van der Waals surface area contributed by atoms with E-state index in [4.69, 9.17) is 11.6 Å². The number of halogens is 4. The molecule has 1 aromatic carbocycles. The zero-order valence-electron chi connectivity index (χ0n) is 10.9. The maximum Gasteiger partial charge on any atom is 0.417 e. The minimum atomic E-state index is -4.51. The molecular weight excluding hydrogens is 301 g/mol. The second-order valence-electron chi connectivity index (χ2n) is 4.57. The Kier molecular flexibility index (Phi) is 4.19. The van der Waals surface area contributed by atoms with Gasteiger partial charge in [0.05, 0.1) is 22.3 Å². The Hall–Kier alpha value is -2.06. The lowest BCUT2D eigenvalue weighted by molar-refractivity contribution is -0.137. The summed E-state index contributed by atoms with van der Waals surface area (Å²) in [6.45, 7) is 1.86. The molecule has 0 aliphatic carbocycles. The number of hydrogen-bond donors (Lipinski definition) is 0. The van der Waals surface area contributed by atoms with Gasteiger partial charge in [-0.1, -0.05) is 41.4 Å². The Bertz CT molecular complexity index is 705. The summed E-state index contributed by atoms with van der Waals surface area (Å²) in [6.07, 6.45) is -3.82. The van der Waals surface area contributed by atoms with Crippen LogP contribution in [-0.4, -0.2) is 4.98 Å². The van der Waals surface area contributed by atoms with Gasteiger partial charge in [0.15, 0.2) is 0 Å². The van der Waals surface area contributed by atoms with Crippen molar-refractivity contribution in [3.05, 3.63) is 63.9 Å². The molecule has 21 heavy (non-hydrogen) atoms. The SMILES string of the molecule is Cc1cccc([C@@H](C#N)c2ncc(C(F)(F)F)cc2Cl)c1. The molecule has 2 nitrogen and oxygen atoms in total. The van der Waals surface area contributed by atoms with Crippen molar-refractivity contribution in [2.45, 2.75) is 19.0 Å². The molecule has 0 amide bonds. The van der Waals surface area contributed by atoms with E-state index in [1.165, 1.54) is 0 Å². The summed E-state index contributed by atoms with van der Waals surface area (Å²) in [6, 6.07) is 9.96. The molecule has 2 aromatic rings. The number of nitriles is 1. The zero-order valence-corrected chi connectivity index (χ0v) is 11.7. The maximum atomic E-state index is 12.6. The molecule has 0 radical (unpaired) electrons. The molecule has 6 heteroatoms. The molecule has 1 atom stereocenters. The van der Waals surface area contributed by atoms with Gasteiger partial charge in [0.2, 0.25) is 0 Å². The quantitative estimate of drug-likeness (QED) is 0.805. The van der Waals surface area contributed by atoms with Crippen molar-refractivity contribution in [3.8, 4) is 6.07 Å². The molecule has 1 heterocycles. The number of aryl methyl sites for hydroxylation is 1. The van der Waals surface area contributed by atoms with Gasteiger partial charge in [0.25, 0.3) is 0 Å². The third-order valence-corrected chi connectivity index (χ3v) is 3.28. The number of nitrogens with zero attached hydrogens (tertiary/aromatic N) is 2. The Morgan fingerprint density at radius 1 is 1.29 bits per heavy atom. The van der Waals surface area contributed by atoms with E-state index in [1.807, 2.05) is 19.1 Å². The second-order valence-corrected chi connectivity index (χ2v) is 4.97. The monoisotopic (exact) mass is 310 g/mol. The van der Waals surface area contributed by atoms with E-state index in [0.717, 1.165) is 11.6 Å². The fraction of sp³-hybridized carbons (Fsp3) is 0.200. The third kappa shape index (κ3) is 3.34. The Labute approximate surface area is 124 Å². The number of rotatable bonds is 2. The van der Waals surface area contributed by atoms with Gasteiger partial charge >= 0.3 is 6.18 Å². The van der Waals surface area contributed by atoms with E-state index in [1.54, 1.807) is 18.2 Å². The Balaban J connectivity index is 2.47. The van der Waals surface area contributed by atoms with Crippen LogP contribution in [0.3, 0.4) is 0 Å². The van der Waals surface area contributed by atoms with E-state index in [9.17, 15) is 18.4 Å². The average Bonchev–Trinajstić information content (AvgIpc) is 2.40. The van der Waals surface area contributed by atoms with Crippen LogP contribution < -0.4 is 0 Å². The summed E-state index contributed by atoms with van der Waals surface area (Å²) in [5.41, 5.74) is 0.775. The van der Waals surface area contributed by atoms with Crippen LogP contribution in [0.4, 0.5) is 13.2 Å². The lowest BCUT2D eigenvalue weighted by atomic mass is 9.95. The predicted molar refractivity (Wildman–Crippen MR) is 72.9 cm³/mol. The number of hydrogen-bond acceptors (Lipinski definition) is 2. The minimum Gasteiger partial charge on any atom is -0.257 e. The van der Waals surface area contributed by atoms with Gasteiger partial charge in [-0.15, -0.1) is 0 Å². The lowest BCUT2D eigenvalue weighted by Crippen LogP contribution is -2.09. The van der Waals surface area contributed by atoms with E-state index >= 15 is 0 Å². The lowest BCUT2D eigenvalue weighted by Gasteiger charge is -2.13. The van der Waals surface area contributed by atoms with Gasteiger partial charge in [0.1, 0.15) is 5.92 Å². The third-order valence-electron chi connectivity index (χ3n) is 2.97. The number of benzene rings is 1. The van der Waals surface area contributed by atoms with Crippen LogP contribution in [0.2, 0.25) is 5.02 Å².